The molecule has 1 aromatic heterocycles. The van der Waals surface area contributed by atoms with Gasteiger partial charge in [0.1, 0.15) is 0 Å². The molecule has 0 bridgehead atoms. The first-order valence-electron chi connectivity index (χ1n) is 6.18. The number of hydrogen-bond donors (Lipinski definition) is 1. The number of rotatable bonds is 8. The van der Waals surface area contributed by atoms with Gasteiger partial charge in [0.15, 0.2) is 0 Å². The van der Waals surface area contributed by atoms with Crippen molar-refractivity contribution in [2.45, 2.75) is 32.9 Å². The van der Waals surface area contributed by atoms with Crippen molar-refractivity contribution >= 4 is 11.8 Å². The molecule has 1 aliphatic rings. The Morgan fingerprint density at radius 3 is 3.12 bits per heavy atom. The second kappa shape index (κ2) is 6.30. The molecule has 3 nitrogen and oxygen atoms in total. The third kappa shape index (κ3) is 4.18. The Balaban J connectivity index is 1.49. The maximum absolute atomic E-state index is 4.25. The van der Waals surface area contributed by atoms with Crippen molar-refractivity contribution in [3.8, 4) is 0 Å². The fraction of sp³-hybridized carbons (Fsp3) is 0.750. The summed E-state index contributed by atoms with van der Waals surface area (Å²) in [5, 5.41) is 7.71. The van der Waals surface area contributed by atoms with Gasteiger partial charge in [-0.15, -0.1) is 0 Å². The SMILES string of the molecule is CCn1cc(CNCCSCC2CC2)cn1. The van der Waals surface area contributed by atoms with Crippen molar-refractivity contribution in [2.24, 2.45) is 5.92 Å². The van der Waals surface area contributed by atoms with E-state index in [4.69, 9.17) is 0 Å². The molecule has 1 fully saturated rings. The minimum absolute atomic E-state index is 0.948. The van der Waals surface area contributed by atoms with Crippen LogP contribution in [0.3, 0.4) is 0 Å². The van der Waals surface area contributed by atoms with Crippen molar-refractivity contribution in [2.75, 3.05) is 18.1 Å². The van der Waals surface area contributed by atoms with Crippen LogP contribution in [-0.2, 0) is 13.1 Å². The fourth-order valence-electron chi connectivity index (χ4n) is 1.58. The van der Waals surface area contributed by atoms with Crippen LogP contribution < -0.4 is 5.32 Å². The normalized spacial score (nSPS) is 15.6. The van der Waals surface area contributed by atoms with Crippen LogP contribution in [0.4, 0.5) is 0 Å². The van der Waals surface area contributed by atoms with E-state index >= 15 is 0 Å². The van der Waals surface area contributed by atoms with Gasteiger partial charge in [-0.2, -0.15) is 16.9 Å². The smallest absolute Gasteiger partial charge is 0.0534 e. The van der Waals surface area contributed by atoms with Crippen LogP contribution in [0.15, 0.2) is 12.4 Å². The van der Waals surface area contributed by atoms with Gasteiger partial charge in [0, 0.05) is 37.1 Å². The summed E-state index contributed by atoms with van der Waals surface area (Å²) in [5.41, 5.74) is 1.29. The summed E-state index contributed by atoms with van der Waals surface area (Å²) < 4.78 is 1.97. The number of nitrogens with one attached hydrogen (secondary N) is 1. The summed E-state index contributed by atoms with van der Waals surface area (Å²) in [6.45, 7) is 5.12. The van der Waals surface area contributed by atoms with E-state index in [2.05, 4.69) is 35.3 Å². The van der Waals surface area contributed by atoms with Gasteiger partial charge >= 0.3 is 0 Å². The Morgan fingerprint density at radius 2 is 2.44 bits per heavy atom. The van der Waals surface area contributed by atoms with Crippen molar-refractivity contribution in [1.82, 2.24) is 15.1 Å². The van der Waals surface area contributed by atoms with Crippen molar-refractivity contribution in [3.63, 3.8) is 0 Å². The molecule has 1 saturated carbocycles. The predicted molar refractivity (Wildman–Crippen MR) is 69.7 cm³/mol. The molecule has 4 heteroatoms. The van der Waals surface area contributed by atoms with Crippen molar-refractivity contribution in [1.29, 1.82) is 0 Å². The van der Waals surface area contributed by atoms with Crippen molar-refractivity contribution < 1.29 is 0 Å². The average Bonchev–Trinajstić information content (AvgIpc) is 3.01. The van der Waals surface area contributed by atoms with Gasteiger partial charge in [0.05, 0.1) is 6.20 Å². The largest absolute Gasteiger partial charge is 0.312 e. The molecular formula is C12H21N3S. The molecule has 0 aromatic carbocycles. The van der Waals surface area contributed by atoms with Crippen LogP contribution in [-0.4, -0.2) is 27.8 Å². The van der Waals surface area contributed by atoms with E-state index in [1.165, 1.54) is 29.9 Å². The zero-order valence-electron chi connectivity index (χ0n) is 9.98. The van der Waals surface area contributed by atoms with Crippen molar-refractivity contribution in [3.05, 3.63) is 18.0 Å². The summed E-state index contributed by atoms with van der Waals surface area (Å²) in [7, 11) is 0. The van der Waals surface area contributed by atoms with Gasteiger partial charge in [-0.05, 0) is 31.4 Å². The Hall–Kier alpha value is -0.480. The van der Waals surface area contributed by atoms with E-state index < -0.39 is 0 Å². The first kappa shape index (κ1) is 12.0. The summed E-state index contributed by atoms with van der Waals surface area (Å²) in [5.74, 6) is 3.65. The number of nitrogens with zero attached hydrogens (tertiary/aromatic N) is 2. The highest BCUT2D eigenvalue weighted by Gasteiger charge is 2.20. The van der Waals surface area contributed by atoms with E-state index in [-0.39, 0.29) is 0 Å². The second-order valence-electron chi connectivity index (χ2n) is 4.40. The summed E-state index contributed by atoms with van der Waals surface area (Å²) >= 11 is 2.09. The second-order valence-corrected chi connectivity index (χ2v) is 5.55. The lowest BCUT2D eigenvalue weighted by molar-refractivity contribution is 0.657. The predicted octanol–water partition coefficient (Wildman–Crippen LogP) is 2.14. The standard InChI is InChI=1S/C12H21N3S/c1-2-15-9-12(8-14-15)7-13-5-6-16-10-11-3-4-11/h8-9,11,13H,2-7,10H2,1H3. The van der Waals surface area contributed by atoms with Gasteiger partial charge in [-0.3, -0.25) is 4.68 Å². The van der Waals surface area contributed by atoms with Gasteiger partial charge in [-0.1, -0.05) is 0 Å². The quantitative estimate of drug-likeness (QED) is 0.705. The minimum atomic E-state index is 0.948. The fourth-order valence-corrected chi connectivity index (χ4v) is 2.70. The molecule has 0 atom stereocenters. The molecule has 1 aromatic rings. The van der Waals surface area contributed by atoms with E-state index in [9.17, 15) is 0 Å². The zero-order valence-corrected chi connectivity index (χ0v) is 10.8. The summed E-state index contributed by atoms with van der Waals surface area (Å²) in [6.07, 6.45) is 7.01. The van der Waals surface area contributed by atoms with Crippen LogP contribution in [0, 0.1) is 5.92 Å². The van der Waals surface area contributed by atoms with E-state index in [1.807, 2.05) is 10.9 Å². The molecule has 90 valence electrons. The van der Waals surface area contributed by atoms with Gasteiger partial charge < -0.3 is 5.32 Å². The molecule has 0 radical (unpaired) electrons. The maximum Gasteiger partial charge on any atom is 0.0534 e. The van der Waals surface area contributed by atoms with Crippen LogP contribution in [0.1, 0.15) is 25.3 Å². The third-order valence-electron chi connectivity index (χ3n) is 2.81. The zero-order chi connectivity index (χ0) is 11.2. The van der Waals surface area contributed by atoms with E-state index in [0.717, 1.165) is 25.6 Å². The number of hydrogen-bond acceptors (Lipinski definition) is 3. The summed E-state index contributed by atoms with van der Waals surface area (Å²) in [6, 6.07) is 0. The molecule has 1 aliphatic carbocycles. The molecule has 0 amide bonds. The molecule has 0 saturated heterocycles. The molecule has 0 unspecified atom stereocenters. The van der Waals surface area contributed by atoms with Crippen LogP contribution in [0.25, 0.3) is 0 Å². The molecule has 1 heterocycles. The Labute approximate surface area is 102 Å². The molecule has 2 rings (SSSR count). The molecule has 16 heavy (non-hydrogen) atoms. The molecule has 0 spiro atoms. The topological polar surface area (TPSA) is 29.9 Å². The Bertz CT molecular complexity index is 307. The van der Waals surface area contributed by atoms with E-state index in [1.54, 1.807) is 0 Å². The first-order chi connectivity index (χ1) is 7.88. The lowest BCUT2D eigenvalue weighted by atomic mass is 10.3. The molecular weight excluding hydrogens is 218 g/mol. The monoisotopic (exact) mass is 239 g/mol. The lowest BCUT2D eigenvalue weighted by Crippen LogP contribution is -2.16. The van der Waals surface area contributed by atoms with Gasteiger partial charge in [0.25, 0.3) is 0 Å². The van der Waals surface area contributed by atoms with E-state index in [0.29, 0.717) is 0 Å². The Morgan fingerprint density at radius 1 is 1.56 bits per heavy atom. The van der Waals surface area contributed by atoms with Crippen LogP contribution in [0.5, 0.6) is 0 Å². The highest BCUT2D eigenvalue weighted by Crippen LogP contribution is 2.32. The highest BCUT2D eigenvalue weighted by molar-refractivity contribution is 7.99. The third-order valence-corrected chi connectivity index (χ3v) is 4.01. The number of thioether (sulfide) groups is 1. The van der Waals surface area contributed by atoms with Crippen LogP contribution >= 0.6 is 11.8 Å². The van der Waals surface area contributed by atoms with Crippen LogP contribution in [0.2, 0.25) is 0 Å². The average molecular weight is 239 g/mol. The van der Waals surface area contributed by atoms with Gasteiger partial charge in [0.2, 0.25) is 0 Å². The first-order valence-corrected chi connectivity index (χ1v) is 7.33. The highest BCUT2D eigenvalue weighted by atomic mass is 32.2. The number of aryl methyl sites for hydroxylation is 1. The molecule has 1 N–H and O–H groups in total. The lowest BCUT2D eigenvalue weighted by Gasteiger charge is -2.02. The van der Waals surface area contributed by atoms with Gasteiger partial charge in [-0.25, -0.2) is 0 Å². The minimum Gasteiger partial charge on any atom is -0.312 e. The Kier molecular flexibility index (Phi) is 4.72. The maximum atomic E-state index is 4.25. The number of aromatic nitrogens is 2. The molecule has 0 aliphatic heterocycles. The summed E-state index contributed by atoms with van der Waals surface area (Å²) in [4.78, 5) is 0.